The molecule has 60 valence electrons. The Labute approximate surface area is 65.6 Å². The van der Waals surface area contributed by atoms with Crippen LogP contribution in [-0.2, 0) is 10.5 Å². The number of hydrogen-bond acceptors (Lipinski definition) is 4. The number of phenols is 1. The molecule has 0 aliphatic carbocycles. The summed E-state index contributed by atoms with van der Waals surface area (Å²) in [6, 6.07) is 8.71. The standard InChI is InChI=1S/C6H6O.HNO2S/c7-6-4-2-1-3-5-6;1-4(2)3/h1-5,7H;1H. The van der Waals surface area contributed by atoms with Crippen LogP contribution < -0.4 is 0 Å². The molecule has 0 aliphatic rings. The van der Waals surface area contributed by atoms with E-state index in [2.05, 4.69) is 0 Å². The van der Waals surface area contributed by atoms with Crippen molar-refractivity contribution in [2.75, 3.05) is 0 Å². The van der Waals surface area contributed by atoms with Crippen molar-refractivity contribution in [1.82, 2.24) is 0 Å². The molecule has 0 unspecified atom stereocenters. The van der Waals surface area contributed by atoms with Crippen molar-refractivity contribution in [2.24, 2.45) is 0 Å². The zero-order valence-electron chi connectivity index (χ0n) is 5.56. The van der Waals surface area contributed by atoms with E-state index in [-0.39, 0.29) is 0 Å². The van der Waals surface area contributed by atoms with Crippen LogP contribution in [0.1, 0.15) is 0 Å². The second-order valence-electron chi connectivity index (χ2n) is 1.57. The van der Waals surface area contributed by atoms with E-state index < -0.39 is 10.5 Å². The van der Waals surface area contributed by atoms with Gasteiger partial charge in [0.05, 0.1) is 0 Å². The molecule has 2 N–H and O–H groups in total. The monoisotopic (exact) mass is 173 g/mol. The Morgan fingerprint density at radius 2 is 1.55 bits per heavy atom. The van der Waals surface area contributed by atoms with E-state index in [0.29, 0.717) is 5.75 Å². The van der Waals surface area contributed by atoms with Gasteiger partial charge in [0.15, 0.2) is 0 Å². The average molecular weight is 173 g/mol. The van der Waals surface area contributed by atoms with Crippen molar-refractivity contribution in [3.8, 4) is 5.75 Å². The molecule has 0 saturated carbocycles. The summed E-state index contributed by atoms with van der Waals surface area (Å²) < 4.78 is 22.8. The van der Waals surface area contributed by atoms with Gasteiger partial charge < -0.3 is 5.11 Å². The fraction of sp³-hybridized carbons (Fsp3) is 0. The molecule has 0 amide bonds. The Balaban J connectivity index is 0.000000218. The van der Waals surface area contributed by atoms with Gasteiger partial charge in [-0.3, -0.25) is 0 Å². The van der Waals surface area contributed by atoms with Crippen molar-refractivity contribution in [2.45, 2.75) is 0 Å². The lowest BCUT2D eigenvalue weighted by Gasteiger charge is -1.82. The van der Waals surface area contributed by atoms with Gasteiger partial charge in [0.2, 0.25) is 0 Å². The Morgan fingerprint density at radius 3 is 1.73 bits per heavy atom. The lowest BCUT2D eigenvalue weighted by atomic mass is 10.3. The molecule has 0 saturated heterocycles. The van der Waals surface area contributed by atoms with Crippen molar-refractivity contribution < 1.29 is 13.5 Å². The number of hydrogen-bond donors (Lipinski definition) is 2. The number of benzene rings is 1. The summed E-state index contributed by atoms with van der Waals surface area (Å²) in [5, 5.41) is 8.63. The third-order valence-corrected chi connectivity index (χ3v) is 0.756. The second-order valence-corrected chi connectivity index (χ2v) is 2.04. The van der Waals surface area contributed by atoms with Crippen LogP contribution in [0.2, 0.25) is 0 Å². The highest BCUT2D eigenvalue weighted by Gasteiger charge is 1.74. The van der Waals surface area contributed by atoms with Gasteiger partial charge in [0, 0.05) is 0 Å². The first-order chi connectivity index (χ1) is 5.13. The zero-order chi connectivity index (χ0) is 8.69. The first-order valence-corrected chi connectivity index (χ1v) is 3.75. The van der Waals surface area contributed by atoms with Gasteiger partial charge in [-0.25, -0.2) is 0 Å². The van der Waals surface area contributed by atoms with E-state index in [9.17, 15) is 0 Å². The van der Waals surface area contributed by atoms with E-state index in [1.165, 1.54) is 0 Å². The van der Waals surface area contributed by atoms with Gasteiger partial charge >= 0.3 is 10.5 Å². The van der Waals surface area contributed by atoms with Crippen LogP contribution in [0, 0.1) is 4.78 Å². The minimum absolute atomic E-state index is 0.322. The van der Waals surface area contributed by atoms with Crippen LogP contribution in [0.15, 0.2) is 30.3 Å². The number of rotatable bonds is 0. The summed E-state index contributed by atoms with van der Waals surface area (Å²) in [5.74, 6) is 0.322. The third-order valence-electron chi connectivity index (χ3n) is 0.756. The van der Waals surface area contributed by atoms with E-state index >= 15 is 0 Å². The highest BCUT2D eigenvalue weighted by molar-refractivity contribution is 7.60. The predicted octanol–water partition coefficient (Wildman–Crippen LogP) is 1.02. The van der Waals surface area contributed by atoms with Crippen molar-refractivity contribution in [3.63, 3.8) is 0 Å². The van der Waals surface area contributed by atoms with Crippen LogP contribution >= 0.6 is 0 Å². The predicted molar refractivity (Wildman–Crippen MR) is 39.7 cm³/mol. The van der Waals surface area contributed by atoms with Gasteiger partial charge in [-0.05, 0) is 12.1 Å². The molecule has 0 atom stereocenters. The summed E-state index contributed by atoms with van der Waals surface area (Å²) >= 11 is 0. The van der Waals surface area contributed by atoms with Gasteiger partial charge in [-0.15, -0.1) is 0 Å². The molecule has 1 rings (SSSR count). The minimum atomic E-state index is -2.61. The Morgan fingerprint density at radius 1 is 1.18 bits per heavy atom. The molecule has 1 aromatic carbocycles. The zero-order valence-corrected chi connectivity index (χ0v) is 6.38. The molecule has 0 radical (unpaired) electrons. The third kappa shape index (κ3) is 8.64. The SMILES string of the molecule is N=S(=O)=O.Oc1ccccc1. The van der Waals surface area contributed by atoms with Crippen LogP contribution in [0.4, 0.5) is 0 Å². The maximum absolute atomic E-state index is 8.67. The molecule has 0 fully saturated rings. The molecule has 0 heterocycles. The minimum Gasteiger partial charge on any atom is -0.508 e. The van der Waals surface area contributed by atoms with Crippen LogP contribution in [0.25, 0.3) is 0 Å². The average Bonchev–Trinajstić information content (AvgIpc) is 1.87. The molecule has 11 heavy (non-hydrogen) atoms. The highest BCUT2D eigenvalue weighted by atomic mass is 32.2. The van der Waals surface area contributed by atoms with Crippen molar-refractivity contribution >= 4 is 10.5 Å². The van der Waals surface area contributed by atoms with Gasteiger partial charge in [-0.2, -0.15) is 13.2 Å². The maximum Gasteiger partial charge on any atom is 0.308 e. The molecule has 0 aromatic heterocycles. The maximum atomic E-state index is 8.67. The molecule has 0 aliphatic heterocycles. The fourth-order valence-electron chi connectivity index (χ4n) is 0.428. The summed E-state index contributed by atoms with van der Waals surface area (Å²) in [4.78, 5) is 0. The van der Waals surface area contributed by atoms with Gasteiger partial charge in [0.25, 0.3) is 0 Å². The van der Waals surface area contributed by atoms with Gasteiger partial charge in [0.1, 0.15) is 5.75 Å². The molecule has 1 aromatic rings. The summed E-state index contributed by atoms with van der Waals surface area (Å²) in [5.41, 5.74) is 0. The first kappa shape index (κ1) is 9.64. The molecule has 0 spiro atoms. The Bertz CT molecular complexity index is 284. The summed E-state index contributed by atoms with van der Waals surface area (Å²) in [7, 11) is -2.61. The summed E-state index contributed by atoms with van der Waals surface area (Å²) in [6.07, 6.45) is 0. The molecular formula is C6H7NO3S. The highest BCUT2D eigenvalue weighted by Crippen LogP contribution is 2.02. The number of phenolic OH excluding ortho intramolecular Hbond substituents is 1. The van der Waals surface area contributed by atoms with Crippen molar-refractivity contribution in [3.05, 3.63) is 30.3 Å². The summed E-state index contributed by atoms with van der Waals surface area (Å²) in [6.45, 7) is 0. The normalized spacial score (nSPS) is 7.64. The van der Waals surface area contributed by atoms with Crippen LogP contribution in [0.3, 0.4) is 0 Å². The Kier molecular flexibility index (Phi) is 4.76. The molecular weight excluding hydrogens is 166 g/mol. The van der Waals surface area contributed by atoms with Crippen LogP contribution in [0.5, 0.6) is 5.75 Å². The van der Waals surface area contributed by atoms with E-state index in [1.807, 2.05) is 6.07 Å². The lowest BCUT2D eigenvalue weighted by Crippen LogP contribution is -1.56. The largest absolute Gasteiger partial charge is 0.508 e. The van der Waals surface area contributed by atoms with E-state index in [0.717, 1.165) is 0 Å². The molecule has 0 bridgehead atoms. The van der Waals surface area contributed by atoms with E-state index in [1.54, 1.807) is 24.3 Å². The lowest BCUT2D eigenvalue weighted by molar-refractivity contribution is 0.475. The first-order valence-electron chi connectivity index (χ1n) is 2.67. The Hall–Kier alpha value is -1.36. The number of para-hydroxylation sites is 1. The smallest absolute Gasteiger partial charge is 0.308 e. The quantitative estimate of drug-likeness (QED) is 0.614. The second kappa shape index (κ2) is 5.43. The fourth-order valence-corrected chi connectivity index (χ4v) is 0.428. The van der Waals surface area contributed by atoms with Gasteiger partial charge in [-0.1, -0.05) is 18.2 Å². The number of nitrogens with one attached hydrogen (secondary N) is 1. The van der Waals surface area contributed by atoms with E-state index in [4.69, 9.17) is 18.3 Å². The number of aromatic hydroxyl groups is 1. The molecule has 4 nitrogen and oxygen atoms in total. The van der Waals surface area contributed by atoms with Crippen LogP contribution in [-0.4, -0.2) is 13.5 Å². The molecule has 5 heteroatoms. The topological polar surface area (TPSA) is 78.2 Å². The van der Waals surface area contributed by atoms with Crippen molar-refractivity contribution in [1.29, 1.82) is 4.78 Å².